The van der Waals surface area contributed by atoms with Crippen molar-refractivity contribution in [2.75, 3.05) is 13.7 Å². The van der Waals surface area contributed by atoms with Crippen LogP contribution in [0.3, 0.4) is 0 Å². The van der Waals surface area contributed by atoms with E-state index in [1.54, 1.807) is 18.2 Å². The SMILES string of the molecule is C=Cc1ccc(P(=O)(OC)O[Si](C)(C)OCCCC)cc1. The van der Waals surface area contributed by atoms with Gasteiger partial charge in [0.15, 0.2) is 0 Å². The highest BCUT2D eigenvalue weighted by Crippen LogP contribution is 2.48. The van der Waals surface area contributed by atoms with Gasteiger partial charge in [-0.05, 0) is 37.2 Å². The minimum Gasteiger partial charge on any atom is -0.394 e. The molecule has 118 valence electrons. The zero-order chi connectivity index (χ0) is 15.9. The normalized spacial score (nSPS) is 14.7. The van der Waals surface area contributed by atoms with Crippen molar-refractivity contribution in [1.82, 2.24) is 0 Å². The fraction of sp³-hybridized carbons (Fsp3) is 0.467. The van der Waals surface area contributed by atoms with Gasteiger partial charge < -0.3 is 13.2 Å². The lowest BCUT2D eigenvalue weighted by Crippen LogP contribution is -2.35. The minimum absolute atomic E-state index is 0.537. The Labute approximate surface area is 128 Å². The summed E-state index contributed by atoms with van der Waals surface area (Å²) in [5, 5.41) is 0.537. The van der Waals surface area contributed by atoms with Crippen LogP contribution in [0.1, 0.15) is 25.3 Å². The van der Waals surface area contributed by atoms with Crippen LogP contribution < -0.4 is 5.30 Å². The van der Waals surface area contributed by atoms with Crippen LogP contribution in [0.15, 0.2) is 30.8 Å². The van der Waals surface area contributed by atoms with E-state index in [-0.39, 0.29) is 0 Å². The second-order valence-corrected chi connectivity index (χ2v) is 10.9. The summed E-state index contributed by atoms with van der Waals surface area (Å²) in [5.41, 5.74) is 0.956. The van der Waals surface area contributed by atoms with E-state index in [2.05, 4.69) is 13.5 Å². The van der Waals surface area contributed by atoms with Crippen molar-refractivity contribution in [2.24, 2.45) is 0 Å². The Morgan fingerprint density at radius 2 is 1.90 bits per heavy atom. The topological polar surface area (TPSA) is 44.8 Å². The number of hydrogen-bond acceptors (Lipinski definition) is 4. The number of benzene rings is 1. The van der Waals surface area contributed by atoms with Gasteiger partial charge in [-0.1, -0.05) is 38.1 Å². The smallest absolute Gasteiger partial charge is 0.353 e. The zero-order valence-corrected chi connectivity index (χ0v) is 15.2. The van der Waals surface area contributed by atoms with Gasteiger partial charge in [0.1, 0.15) is 0 Å². The molecule has 1 aromatic rings. The van der Waals surface area contributed by atoms with E-state index >= 15 is 0 Å². The predicted octanol–water partition coefficient (Wildman–Crippen LogP) is 4.33. The van der Waals surface area contributed by atoms with E-state index in [9.17, 15) is 4.57 Å². The first-order valence-corrected chi connectivity index (χ1v) is 11.5. The predicted molar refractivity (Wildman–Crippen MR) is 90.2 cm³/mol. The van der Waals surface area contributed by atoms with Crippen molar-refractivity contribution in [3.05, 3.63) is 36.4 Å². The molecule has 1 rings (SSSR count). The zero-order valence-electron chi connectivity index (χ0n) is 13.3. The van der Waals surface area contributed by atoms with E-state index < -0.39 is 16.2 Å². The van der Waals surface area contributed by atoms with Gasteiger partial charge in [-0.25, -0.2) is 0 Å². The largest absolute Gasteiger partial charge is 0.394 e. The molecule has 0 amide bonds. The van der Waals surface area contributed by atoms with Gasteiger partial charge in [0.2, 0.25) is 0 Å². The molecule has 0 heterocycles. The molecule has 1 atom stereocenters. The summed E-state index contributed by atoms with van der Waals surface area (Å²) >= 11 is 0. The molecule has 0 aliphatic heterocycles. The Morgan fingerprint density at radius 3 is 2.38 bits per heavy atom. The van der Waals surface area contributed by atoms with Crippen LogP contribution in [0.5, 0.6) is 0 Å². The molecule has 4 nitrogen and oxygen atoms in total. The van der Waals surface area contributed by atoms with Gasteiger partial charge in [0.05, 0.1) is 5.30 Å². The molecule has 1 aromatic carbocycles. The second-order valence-electron chi connectivity index (χ2n) is 5.17. The summed E-state index contributed by atoms with van der Waals surface area (Å²) in [6.07, 6.45) is 3.75. The molecular formula is C15H25O4PSi. The first-order valence-electron chi connectivity index (χ1n) is 7.10. The van der Waals surface area contributed by atoms with Gasteiger partial charge in [-0.2, -0.15) is 0 Å². The maximum Gasteiger partial charge on any atom is 0.353 e. The number of hydrogen-bond donors (Lipinski definition) is 0. The van der Waals surface area contributed by atoms with Crippen molar-refractivity contribution in [3.63, 3.8) is 0 Å². The molecule has 0 radical (unpaired) electrons. The number of rotatable bonds is 9. The third-order valence-corrected chi connectivity index (χ3v) is 8.00. The first kappa shape index (κ1) is 18.3. The quantitative estimate of drug-likeness (QED) is 0.384. The van der Waals surface area contributed by atoms with E-state index in [0.29, 0.717) is 11.9 Å². The number of unbranched alkanes of at least 4 members (excludes halogenated alkanes) is 1. The van der Waals surface area contributed by atoms with Gasteiger partial charge in [0.25, 0.3) is 0 Å². The highest BCUT2D eigenvalue weighted by atomic mass is 31.2. The average Bonchev–Trinajstić information content (AvgIpc) is 2.47. The molecule has 6 heteroatoms. The molecule has 0 saturated heterocycles. The van der Waals surface area contributed by atoms with E-state index in [1.165, 1.54) is 7.11 Å². The summed E-state index contributed by atoms with van der Waals surface area (Å²) in [4.78, 5) is 0. The van der Waals surface area contributed by atoms with Crippen LogP contribution >= 0.6 is 7.60 Å². The highest BCUT2D eigenvalue weighted by molar-refractivity contribution is 7.63. The Hall–Kier alpha value is -0.713. The lowest BCUT2D eigenvalue weighted by molar-refractivity contribution is 0.227. The Kier molecular flexibility index (Phi) is 7.04. The van der Waals surface area contributed by atoms with Crippen molar-refractivity contribution in [1.29, 1.82) is 0 Å². The molecule has 0 fully saturated rings. The van der Waals surface area contributed by atoms with Crippen LogP contribution in [0.2, 0.25) is 13.1 Å². The standard InChI is InChI=1S/C15H25O4PSi/c1-6-8-13-18-21(4,5)19-20(16,17-3)15-11-9-14(7-2)10-12-15/h7,9-12H,2,6,8,13H2,1,3-5H3. The molecule has 21 heavy (non-hydrogen) atoms. The Balaban J connectivity index is 2.87. The lowest BCUT2D eigenvalue weighted by Gasteiger charge is -2.27. The van der Waals surface area contributed by atoms with Crippen molar-refractivity contribution in [2.45, 2.75) is 32.9 Å². The fourth-order valence-corrected chi connectivity index (χ4v) is 6.37. The molecule has 0 aliphatic carbocycles. The summed E-state index contributed by atoms with van der Waals surface area (Å²) < 4.78 is 29.7. The van der Waals surface area contributed by atoms with Gasteiger partial charge in [0, 0.05) is 13.7 Å². The Morgan fingerprint density at radius 1 is 1.29 bits per heavy atom. The van der Waals surface area contributed by atoms with Gasteiger partial charge in [-0.3, -0.25) is 4.57 Å². The molecule has 0 bridgehead atoms. The van der Waals surface area contributed by atoms with E-state index in [0.717, 1.165) is 18.4 Å². The van der Waals surface area contributed by atoms with Crippen LogP contribution in [-0.4, -0.2) is 22.3 Å². The molecule has 0 N–H and O–H groups in total. The molecule has 1 unspecified atom stereocenters. The lowest BCUT2D eigenvalue weighted by atomic mass is 10.2. The minimum atomic E-state index is -3.35. The van der Waals surface area contributed by atoms with Crippen LogP contribution in [0.4, 0.5) is 0 Å². The first-order chi connectivity index (χ1) is 9.87. The van der Waals surface area contributed by atoms with Crippen LogP contribution in [0, 0.1) is 0 Å². The molecule has 0 saturated carbocycles. The van der Waals surface area contributed by atoms with Gasteiger partial charge in [-0.15, -0.1) is 0 Å². The molecule has 0 aliphatic rings. The maximum atomic E-state index is 12.9. The molecule has 0 aromatic heterocycles. The van der Waals surface area contributed by atoms with E-state index in [1.807, 2.05) is 25.2 Å². The second kappa shape index (κ2) is 8.06. The fourth-order valence-electron chi connectivity index (χ4n) is 1.77. The summed E-state index contributed by atoms with van der Waals surface area (Å²) in [6.45, 7) is 10.2. The Bertz CT molecular complexity index is 499. The summed E-state index contributed by atoms with van der Waals surface area (Å²) in [7, 11) is -4.46. The van der Waals surface area contributed by atoms with Crippen LogP contribution in [0.25, 0.3) is 6.08 Å². The maximum absolute atomic E-state index is 12.9. The average molecular weight is 328 g/mol. The monoisotopic (exact) mass is 328 g/mol. The van der Waals surface area contributed by atoms with E-state index in [4.69, 9.17) is 13.2 Å². The third-order valence-electron chi connectivity index (χ3n) is 2.97. The third kappa shape index (κ3) is 5.53. The summed E-state index contributed by atoms with van der Waals surface area (Å²) in [5.74, 6) is 0. The van der Waals surface area contributed by atoms with Crippen molar-refractivity contribution >= 4 is 27.5 Å². The molecule has 0 spiro atoms. The van der Waals surface area contributed by atoms with Crippen molar-refractivity contribution < 1.29 is 17.7 Å². The highest BCUT2D eigenvalue weighted by Gasteiger charge is 2.37. The van der Waals surface area contributed by atoms with Crippen molar-refractivity contribution in [3.8, 4) is 0 Å². The summed E-state index contributed by atoms with van der Waals surface area (Å²) in [6, 6.07) is 7.17. The molecular weight excluding hydrogens is 303 g/mol. The van der Waals surface area contributed by atoms with Crippen LogP contribution in [-0.2, 0) is 17.7 Å². The van der Waals surface area contributed by atoms with Gasteiger partial charge >= 0.3 is 16.2 Å².